The number of thiophene rings is 1. The molecule has 0 unspecified atom stereocenters. The predicted octanol–water partition coefficient (Wildman–Crippen LogP) is 3.01. The number of hydrogen-bond acceptors (Lipinski definition) is 2. The van der Waals surface area contributed by atoms with E-state index in [2.05, 4.69) is 22.5 Å². The summed E-state index contributed by atoms with van der Waals surface area (Å²) in [7, 11) is 1.75. The normalized spacial score (nSPS) is 10.7. The number of pyridine rings is 1. The number of nitrogens with zero attached hydrogens (tertiary/aromatic N) is 1. The molecule has 2 aromatic rings. The molecule has 0 amide bonds. The fourth-order valence-electron chi connectivity index (χ4n) is 1.32. The molecule has 2 nitrogen and oxygen atoms in total. The van der Waals surface area contributed by atoms with Gasteiger partial charge < -0.3 is 4.57 Å². The first-order valence-corrected chi connectivity index (χ1v) is 5.65. The number of rotatable bonds is 1. The van der Waals surface area contributed by atoms with Gasteiger partial charge in [0.1, 0.15) is 0 Å². The van der Waals surface area contributed by atoms with E-state index >= 15 is 0 Å². The zero-order valence-corrected chi connectivity index (χ0v) is 9.98. The maximum Gasteiger partial charge on any atom is 0.259 e. The third kappa shape index (κ3) is 1.35. The van der Waals surface area contributed by atoms with Crippen molar-refractivity contribution in [2.75, 3.05) is 0 Å². The summed E-state index contributed by atoms with van der Waals surface area (Å²) in [6.45, 7) is 3.69. The van der Waals surface area contributed by atoms with E-state index in [1.807, 2.05) is 6.07 Å². The van der Waals surface area contributed by atoms with Crippen molar-refractivity contribution in [1.29, 1.82) is 0 Å². The molecule has 0 saturated carbocycles. The second-order valence-electron chi connectivity index (χ2n) is 2.99. The minimum absolute atomic E-state index is 0.0348. The Morgan fingerprint density at radius 3 is 3.00 bits per heavy atom. The van der Waals surface area contributed by atoms with Crippen molar-refractivity contribution >= 4 is 43.4 Å². The second-order valence-corrected chi connectivity index (χ2v) is 4.93. The Hall–Kier alpha value is -0.870. The molecule has 0 radical (unpaired) electrons. The quantitative estimate of drug-likeness (QED) is 0.780. The van der Waals surface area contributed by atoms with E-state index < -0.39 is 0 Å². The molecule has 2 aromatic heterocycles. The van der Waals surface area contributed by atoms with Crippen LogP contribution in [0.4, 0.5) is 0 Å². The summed E-state index contributed by atoms with van der Waals surface area (Å²) >= 11 is 5.01. The zero-order chi connectivity index (χ0) is 10.3. The summed E-state index contributed by atoms with van der Waals surface area (Å²) in [4.78, 5) is 12.7. The minimum atomic E-state index is 0.0348. The number of aryl methyl sites for hydroxylation is 1. The van der Waals surface area contributed by atoms with Crippen molar-refractivity contribution in [2.45, 2.75) is 0 Å². The molecule has 0 aliphatic rings. The Morgan fingerprint density at radius 2 is 2.36 bits per heavy atom. The van der Waals surface area contributed by atoms with E-state index in [1.165, 1.54) is 0 Å². The van der Waals surface area contributed by atoms with Crippen LogP contribution >= 0.6 is 27.3 Å². The summed E-state index contributed by atoms with van der Waals surface area (Å²) in [5, 5.41) is 0.752. The third-order valence-electron chi connectivity index (χ3n) is 2.03. The van der Waals surface area contributed by atoms with Gasteiger partial charge in [0.25, 0.3) is 5.56 Å². The van der Waals surface area contributed by atoms with Crippen molar-refractivity contribution in [3.05, 3.63) is 38.5 Å². The first-order chi connectivity index (χ1) is 6.63. The van der Waals surface area contributed by atoms with Crippen LogP contribution in [0.2, 0.25) is 0 Å². The van der Waals surface area contributed by atoms with Gasteiger partial charge in [-0.2, -0.15) is 0 Å². The van der Waals surface area contributed by atoms with Gasteiger partial charge in [-0.3, -0.25) is 4.79 Å². The lowest BCUT2D eigenvalue weighted by Gasteiger charge is -1.98. The van der Waals surface area contributed by atoms with Crippen LogP contribution in [0.15, 0.2) is 28.1 Å². The molecule has 0 atom stereocenters. The Morgan fingerprint density at radius 1 is 1.64 bits per heavy atom. The van der Waals surface area contributed by atoms with Crippen molar-refractivity contribution in [2.24, 2.45) is 7.05 Å². The highest BCUT2D eigenvalue weighted by Gasteiger charge is 2.08. The van der Waals surface area contributed by atoms with Crippen molar-refractivity contribution in [1.82, 2.24) is 4.57 Å². The number of hydrogen-bond donors (Lipinski definition) is 0. The lowest BCUT2D eigenvalue weighted by atomic mass is 10.3. The summed E-state index contributed by atoms with van der Waals surface area (Å²) in [6, 6.07) is 1.88. The monoisotopic (exact) mass is 269 g/mol. The Labute approximate surface area is 93.6 Å². The molecule has 0 aromatic carbocycles. The minimum Gasteiger partial charge on any atom is -0.317 e. The molecule has 0 saturated heterocycles. The van der Waals surface area contributed by atoms with Gasteiger partial charge in [-0.15, -0.1) is 11.3 Å². The largest absolute Gasteiger partial charge is 0.317 e. The van der Waals surface area contributed by atoms with Gasteiger partial charge in [0, 0.05) is 18.1 Å². The summed E-state index contributed by atoms with van der Waals surface area (Å²) in [5.41, 5.74) is 0.0348. The third-order valence-corrected chi connectivity index (χ3v) is 4.05. The summed E-state index contributed by atoms with van der Waals surface area (Å²) in [5.74, 6) is 0. The van der Waals surface area contributed by atoms with Crippen LogP contribution in [0.1, 0.15) is 4.88 Å². The second kappa shape index (κ2) is 3.37. The molecule has 0 aliphatic heterocycles. The SMILES string of the molecule is C=Cc1cc2c(=O)n(C)cc(Br)c2s1. The molecular weight excluding hydrogens is 262 g/mol. The van der Waals surface area contributed by atoms with Crippen LogP contribution in [0.3, 0.4) is 0 Å². The predicted molar refractivity (Wildman–Crippen MR) is 64.9 cm³/mol. The first-order valence-electron chi connectivity index (χ1n) is 4.04. The Balaban J connectivity index is 2.98. The maximum absolute atomic E-state index is 11.7. The molecule has 0 bridgehead atoms. The van der Waals surface area contributed by atoms with Crippen LogP contribution in [0.25, 0.3) is 16.2 Å². The van der Waals surface area contributed by atoms with Crippen LogP contribution in [-0.2, 0) is 7.05 Å². The molecule has 72 valence electrons. The first kappa shape index (κ1) is 9.68. The fraction of sp³-hybridized carbons (Fsp3) is 0.100. The summed E-state index contributed by atoms with van der Waals surface area (Å²) in [6.07, 6.45) is 3.55. The van der Waals surface area contributed by atoms with Crippen molar-refractivity contribution in [3.63, 3.8) is 0 Å². The standard InChI is InChI=1S/C10H8BrNOS/c1-3-6-4-7-9(14-6)8(11)5-12(2)10(7)13/h3-5H,1H2,2H3. The lowest BCUT2D eigenvalue weighted by molar-refractivity contribution is 0.870. The Bertz CT molecular complexity index is 567. The molecular formula is C10H8BrNOS. The van der Waals surface area contributed by atoms with Crippen LogP contribution in [-0.4, -0.2) is 4.57 Å². The van der Waals surface area contributed by atoms with Crippen LogP contribution in [0, 0.1) is 0 Å². The zero-order valence-electron chi connectivity index (χ0n) is 7.58. The molecule has 0 fully saturated rings. The average molecular weight is 270 g/mol. The summed E-state index contributed by atoms with van der Waals surface area (Å²) < 4.78 is 3.52. The van der Waals surface area contributed by atoms with E-state index in [4.69, 9.17) is 0 Å². The number of halogens is 1. The van der Waals surface area contributed by atoms with Crippen molar-refractivity contribution < 1.29 is 0 Å². The molecule has 2 rings (SSSR count). The van der Waals surface area contributed by atoms with E-state index in [0.29, 0.717) is 0 Å². The van der Waals surface area contributed by atoms with E-state index in [-0.39, 0.29) is 5.56 Å². The van der Waals surface area contributed by atoms with E-state index in [0.717, 1.165) is 19.4 Å². The van der Waals surface area contributed by atoms with Gasteiger partial charge in [-0.25, -0.2) is 0 Å². The van der Waals surface area contributed by atoms with Gasteiger partial charge in [-0.1, -0.05) is 12.7 Å². The maximum atomic E-state index is 11.7. The van der Waals surface area contributed by atoms with E-state index in [9.17, 15) is 4.79 Å². The van der Waals surface area contributed by atoms with Crippen molar-refractivity contribution in [3.8, 4) is 0 Å². The van der Waals surface area contributed by atoms with Gasteiger partial charge >= 0.3 is 0 Å². The Kier molecular flexibility index (Phi) is 2.33. The topological polar surface area (TPSA) is 22.0 Å². The number of fused-ring (bicyclic) bond motifs is 1. The van der Waals surface area contributed by atoms with Gasteiger partial charge in [-0.05, 0) is 22.0 Å². The molecule has 4 heteroatoms. The highest BCUT2D eigenvalue weighted by atomic mass is 79.9. The average Bonchev–Trinajstić information content (AvgIpc) is 2.58. The fourth-order valence-corrected chi connectivity index (χ4v) is 2.99. The van der Waals surface area contributed by atoms with Crippen LogP contribution < -0.4 is 5.56 Å². The number of aromatic nitrogens is 1. The highest BCUT2D eigenvalue weighted by Crippen LogP contribution is 2.30. The van der Waals surface area contributed by atoms with Gasteiger partial charge in [0.15, 0.2) is 0 Å². The van der Waals surface area contributed by atoms with Gasteiger partial charge in [0.05, 0.1) is 14.6 Å². The van der Waals surface area contributed by atoms with Gasteiger partial charge in [0.2, 0.25) is 0 Å². The smallest absolute Gasteiger partial charge is 0.259 e. The molecule has 0 spiro atoms. The molecule has 0 N–H and O–H groups in total. The highest BCUT2D eigenvalue weighted by molar-refractivity contribution is 9.10. The molecule has 14 heavy (non-hydrogen) atoms. The molecule has 2 heterocycles. The van der Waals surface area contributed by atoms with Crippen LogP contribution in [0.5, 0.6) is 0 Å². The lowest BCUT2D eigenvalue weighted by Crippen LogP contribution is -2.14. The molecule has 0 aliphatic carbocycles. The van der Waals surface area contributed by atoms with E-state index in [1.54, 1.807) is 35.2 Å².